The van der Waals surface area contributed by atoms with E-state index in [2.05, 4.69) is 54.3 Å². The molecule has 2 aromatic carbocycles. The molecule has 3 heterocycles. The van der Waals surface area contributed by atoms with E-state index in [1.165, 1.54) is 22.5 Å². The lowest BCUT2D eigenvalue weighted by Gasteiger charge is -2.19. The summed E-state index contributed by atoms with van der Waals surface area (Å²) in [6.07, 6.45) is 2.66. The number of nitrogens with zero attached hydrogens (tertiary/aromatic N) is 4. The van der Waals surface area contributed by atoms with Crippen LogP contribution in [-0.2, 0) is 0 Å². The van der Waals surface area contributed by atoms with Crippen molar-refractivity contribution >= 4 is 28.2 Å². The lowest BCUT2D eigenvalue weighted by atomic mass is 10.00. The fraction of sp³-hybridized carbons (Fsp3) is 0.292. The zero-order valence-electron chi connectivity index (χ0n) is 17.8. The van der Waals surface area contributed by atoms with Gasteiger partial charge in [-0.25, -0.2) is 4.98 Å². The van der Waals surface area contributed by atoms with Crippen LogP contribution in [0, 0.1) is 6.92 Å². The Morgan fingerprint density at radius 1 is 1.23 bits per heavy atom. The second-order valence-electron chi connectivity index (χ2n) is 8.24. The first-order valence-corrected chi connectivity index (χ1v) is 11.2. The zero-order valence-corrected chi connectivity index (χ0v) is 18.6. The molecular formula is C24H24N4O2S. The number of carbonyl (C=O) groups excluding carboxylic acids is 1. The molecule has 0 bridgehead atoms. The molecule has 1 aliphatic rings. The Hall–Kier alpha value is -3.03. The van der Waals surface area contributed by atoms with E-state index in [-0.39, 0.29) is 5.91 Å². The summed E-state index contributed by atoms with van der Waals surface area (Å²) in [4.78, 5) is 22.2. The summed E-state index contributed by atoms with van der Waals surface area (Å²) in [7, 11) is 4.12. The number of thiazole rings is 1. The maximum atomic E-state index is 12.9. The van der Waals surface area contributed by atoms with Crippen molar-refractivity contribution in [2.75, 3.05) is 27.2 Å². The number of fused-ring (bicyclic) bond motifs is 1. The van der Waals surface area contributed by atoms with Gasteiger partial charge in [0.1, 0.15) is 15.6 Å². The summed E-state index contributed by atoms with van der Waals surface area (Å²) >= 11 is 1.37. The van der Waals surface area contributed by atoms with E-state index in [1.54, 1.807) is 6.20 Å². The molecule has 1 amide bonds. The van der Waals surface area contributed by atoms with E-state index in [0.717, 1.165) is 30.5 Å². The predicted octanol–water partition coefficient (Wildman–Crippen LogP) is 4.70. The Bertz CT molecular complexity index is 1260. The van der Waals surface area contributed by atoms with Gasteiger partial charge in [0.25, 0.3) is 5.91 Å². The van der Waals surface area contributed by atoms with E-state index in [1.807, 2.05) is 29.2 Å². The number of benzene rings is 2. The minimum absolute atomic E-state index is 0.0442. The molecule has 1 fully saturated rings. The fourth-order valence-corrected chi connectivity index (χ4v) is 5.02. The molecular weight excluding hydrogens is 408 g/mol. The van der Waals surface area contributed by atoms with Crippen molar-refractivity contribution < 1.29 is 9.32 Å². The van der Waals surface area contributed by atoms with Crippen LogP contribution in [0.3, 0.4) is 0 Å². The van der Waals surface area contributed by atoms with Crippen LogP contribution in [0.4, 0.5) is 0 Å². The number of aromatic nitrogens is 2. The van der Waals surface area contributed by atoms with Crippen molar-refractivity contribution in [3.8, 4) is 21.8 Å². The summed E-state index contributed by atoms with van der Waals surface area (Å²) in [6, 6.07) is 14.8. The predicted molar refractivity (Wildman–Crippen MR) is 123 cm³/mol. The molecule has 7 heteroatoms. The topological polar surface area (TPSA) is 62.5 Å². The van der Waals surface area contributed by atoms with Gasteiger partial charge in [0.15, 0.2) is 5.58 Å². The lowest BCUT2D eigenvalue weighted by Crippen LogP contribution is -2.34. The van der Waals surface area contributed by atoms with Crippen LogP contribution >= 0.6 is 11.3 Å². The Kier molecular flexibility index (Phi) is 5.08. The maximum absolute atomic E-state index is 12.9. The van der Waals surface area contributed by atoms with Crippen LogP contribution in [0.2, 0.25) is 0 Å². The normalized spacial score (nSPS) is 16.5. The van der Waals surface area contributed by atoms with Gasteiger partial charge in [0, 0.05) is 19.1 Å². The molecule has 0 aliphatic carbocycles. The first kappa shape index (κ1) is 19.9. The maximum Gasteiger partial charge on any atom is 0.265 e. The summed E-state index contributed by atoms with van der Waals surface area (Å²) in [5.41, 5.74) is 4.87. The van der Waals surface area contributed by atoms with Crippen molar-refractivity contribution in [2.45, 2.75) is 19.4 Å². The van der Waals surface area contributed by atoms with Crippen molar-refractivity contribution in [3.63, 3.8) is 0 Å². The molecule has 1 atom stereocenters. The molecule has 5 rings (SSSR count). The third-order valence-electron chi connectivity index (χ3n) is 6.03. The van der Waals surface area contributed by atoms with Crippen molar-refractivity contribution in [3.05, 3.63) is 59.1 Å². The standard InChI is InChI=1S/C24H24N4O2S/c1-15-6-4-5-7-18(15)16-8-9-19-20(12-16)30-26-22(19)23-25-13-21(31-23)24(29)28-11-10-17(14-28)27(2)3/h4-9,12-13,17H,10-11,14H2,1-3H3. The summed E-state index contributed by atoms with van der Waals surface area (Å²) in [5.74, 6) is 0.0442. The molecule has 1 saturated heterocycles. The minimum Gasteiger partial charge on any atom is -0.356 e. The van der Waals surface area contributed by atoms with Gasteiger partial charge in [0.05, 0.1) is 11.6 Å². The van der Waals surface area contributed by atoms with Gasteiger partial charge < -0.3 is 14.3 Å². The van der Waals surface area contributed by atoms with E-state index < -0.39 is 0 Å². The van der Waals surface area contributed by atoms with Crippen LogP contribution in [0.5, 0.6) is 0 Å². The summed E-state index contributed by atoms with van der Waals surface area (Å²) < 4.78 is 5.63. The Labute approximate surface area is 185 Å². The highest BCUT2D eigenvalue weighted by molar-refractivity contribution is 7.17. The van der Waals surface area contributed by atoms with Gasteiger partial charge in [0.2, 0.25) is 0 Å². The molecule has 4 aromatic rings. The second-order valence-corrected chi connectivity index (χ2v) is 9.27. The van der Waals surface area contributed by atoms with Gasteiger partial charge >= 0.3 is 0 Å². The number of amides is 1. The van der Waals surface area contributed by atoms with Crippen molar-refractivity contribution in [2.24, 2.45) is 0 Å². The van der Waals surface area contributed by atoms with Gasteiger partial charge in [-0.15, -0.1) is 11.3 Å². The first-order valence-electron chi connectivity index (χ1n) is 10.4. The van der Waals surface area contributed by atoms with Crippen LogP contribution in [0.25, 0.3) is 32.8 Å². The molecule has 1 aliphatic heterocycles. The summed E-state index contributed by atoms with van der Waals surface area (Å²) in [6.45, 7) is 3.64. The Morgan fingerprint density at radius 3 is 2.84 bits per heavy atom. The number of carbonyl (C=O) groups is 1. The third kappa shape index (κ3) is 3.64. The molecule has 158 valence electrons. The Morgan fingerprint density at radius 2 is 2.06 bits per heavy atom. The molecule has 0 radical (unpaired) electrons. The number of rotatable bonds is 4. The highest BCUT2D eigenvalue weighted by atomic mass is 32.1. The quantitative estimate of drug-likeness (QED) is 0.468. The molecule has 1 unspecified atom stereocenters. The van der Waals surface area contributed by atoms with Gasteiger partial charge in [-0.3, -0.25) is 4.79 Å². The number of likely N-dealkylation sites (N-methyl/N-ethyl adjacent to an activating group) is 1. The number of hydrogen-bond acceptors (Lipinski definition) is 6. The highest BCUT2D eigenvalue weighted by Gasteiger charge is 2.29. The average molecular weight is 433 g/mol. The number of likely N-dealkylation sites (tertiary alicyclic amines) is 1. The minimum atomic E-state index is 0.0442. The SMILES string of the molecule is Cc1ccccc1-c1ccc2c(-c3ncc(C(=O)N4CCC(N(C)C)C4)s3)noc2c1. The van der Waals surface area contributed by atoms with E-state index >= 15 is 0 Å². The third-order valence-corrected chi connectivity index (χ3v) is 7.02. The average Bonchev–Trinajstić information content (AvgIpc) is 3.51. The molecule has 31 heavy (non-hydrogen) atoms. The molecule has 0 N–H and O–H groups in total. The van der Waals surface area contributed by atoms with Crippen LogP contribution < -0.4 is 0 Å². The lowest BCUT2D eigenvalue weighted by molar-refractivity contribution is 0.0787. The van der Waals surface area contributed by atoms with Gasteiger partial charge in [-0.1, -0.05) is 35.5 Å². The van der Waals surface area contributed by atoms with E-state index in [0.29, 0.717) is 27.2 Å². The smallest absolute Gasteiger partial charge is 0.265 e. The van der Waals surface area contributed by atoms with E-state index in [4.69, 9.17) is 4.52 Å². The molecule has 6 nitrogen and oxygen atoms in total. The number of aryl methyl sites for hydroxylation is 1. The van der Waals surface area contributed by atoms with Crippen LogP contribution in [-0.4, -0.2) is 59.1 Å². The fourth-order valence-electron chi connectivity index (χ4n) is 4.14. The highest BCUT2D eigenvalue weighted by Crippen LogP contribution is 2.34. The van der Waals surface area contributed by atoms with Gasteiger partial charge in [-0.05, 0) is 56.3 Å². The summed E-state index contributed by atoms with van der Waals surface area (Å²) in [5, 5.41) is 5.87. The first-order chi connectivity index (χ1) is 15.0. The largest absolute Gasteiger partial charge is 0.356 e. The van der Waals surface area contributed by atoms with Crippen LogP contribution in [0.15, 0.2) is 53.2 Å². The van der Waals surface area contributed by atoms with E-state index in [9.17, 15) is 4.79 Å². The number of hydrogen-bond donors (Lipinski definition) is 0. The second kappa shape index (κ2) is 7.90. The van der Waals surface area contributed by atoms with Crippen molar-refractivity contribution in [1.29, 1.82) is 0 Å². The molecule has 0 spiro atoms. The van der Waals surface area contributed by atoms with Crippen molar-refractivity contribution in [1.82, 2.24) is 19.9 Å². The molecule has 0 saturated carbocycles. The zero-order chi connectivity index (χ0) is 21.5. The Balaban J connectivity index is 1.41. The van der Waals surface area contributed by atoms with Crippen LogP contribution in [0.1, 0.15) is 21.7 Å². The van der Waals surface area contributed by atoms with Gasteiger partial charge in [-0.2, -0.15) is 0 Å². The monoisotopic (exact) mass is 432 g/mol. The molecule has 2 aromatic heterocycles.